The zero-order valence-electron chi connectivity index (χ0n) is 17.9. The van der Waals surface area contributed by atoms with Crippen molar-refractivity contribution in [2.24, 2.45) is 5.11 Å². The van der Waals surface area contributed by atoms with Gasteiger partial charge in [0.05, 0.1) is 18.2 Å². The largest absolute Gasteiger partial charge is 0.444 e. The van der Waals surface area contributed by atoms with Gasteiger partial charge in [-0.25, -0.2) is 4.79 Å². The number of piperidine rings is 1. The minimum atomic E-state index is -1.02. The number of hydrogen-bond acceptors (Lipinski definition) is 4. The van der Waals surface area contributed by atoms with Gasteiger partial charge in [-0.3, -0.25) is 0 Å². The molecule has 10 heteroatoms. The molecule has 0 saturated carbocycles. The summed E-state index contributed by atoms with van der Waals surface area (Å²) in [5.41, 5.74) is 10.0. The Morgan fingerprint density at radius 2 is 1.69 bits per heavy atom. The van der Waals surface area contributed by atoms with Crippen LogP contribution in [0.3, 0.4) is 0 Å². The van der Waals surface area contributed by atoms with Gasteiger partial charge in [-0.1, -0.05) is 28.3 Å². The number of carbonyl (C=O) groups is 1. The second-order valence-electron chi connectivity index (χ2n) is 8.91. The zero-order chi connectivity index (χ0) is 23.2. The molecule has 1 saturated heterocycles. The van der Waals surface area contributed by atoms with Crippen molar-refractivity contribution in [1.29, 1.82) is 0 Å². The topological polar surface area (TPSA) is 103 Å². The fourth-order valence-corrected chi connectivity index (χ4v) is 4.58. The van der Waals surface area contributed by atoms with Crippen molar-refractivity contribution in [1.82, 2.24) is 9.47 Å². The number of likely N-dealkylation sites (tertiary alicyclic amines) is 1. The van der Waals surface area contributed by atoms with Gasteiger partial charge in [0.15, 0.2) is 0 Å². The maximum absolute atomic E-state index is 12.8. The van der Waals surface area contributed by atoms with Gasteiger partial charge in [0, 0.05) is 49.9 Å². The quantitative estimate of drug-likeness (QED) is 0.282. The van der Waals surface area contributed by atoms with E-state index in [9.17, 15) is 9.90 Å². The lowest BCUT2D eigenvalue weighted by Crippen LogP contribution is -2.54. The van der Waals surface area contributed by atoms with Crippen LogP contribution in [0.4, 0.5) is 4.79 Å². The Balaban J connectivity index is 1.87. The highest BCUT2D eigenvalue weighted by atomic mass is 35.5. The van der Waals surface area contributed by atoms with Crippen molar-refractivity contribution in [3.63, 3.8) is 0 Å². The molecular weight excluding hydrogens is 453 g/mol. The number of hydrogen-bond donors (Lipinski definition) is 1. The molecule has 3 atom stereocenters. The molecule has 3 aromatic rings. The molecule has 3 unspecified atom stereocenters. The lowest BCUT2D eigenvalue weighted by atomic mass is 9.97. The summed E-state index contributed by atoms with van der Waals surface area (Å²) in [6, 6.07) is 9.54. The maximum Gasteiger partial charge on any atom is 0.410 e. The highest BCUT2D eigenvalue weighted by molar-refractivity contribution is 6.33. The molecule has 1 aromatic heterocycles. The first kappa shape index (κ1) is 22.6. The van der Waals surface area contributed by atoms with Crippen LogP contribution in [-0.2, 0) is 4.74 Å². The van der Waals surface area contributed by atoms with E-state index >= 15 is 0 Å². The average Bonchev–Trinajstić information content (AvgIpc) is 3.01. The molecule has 1 N–H and O–H groups in total. The number of amides is 1. The van der Waals surface area contributed by atoms with E-state index in [0.29, 0.717) is 10.0 Å². The fraction of sp³-hybridized carbons (Fsp3) is 0.409. The van der Waals surface area contributed by atoms with Crippen LogP contribution in [0.5, 0.6) is 0 Å². The van der Waals surface area contributed by atoms with Gasteiger partial charge in [0.1, 0.15) is 5.60 Å². The first-order chi connectivity index (χ1) is 15.1. The highest BCUT2D eigenvalue weighted by Crippen LogP contribution is 2.38. The van der Waals surface area contributed by atoms with Crippen molar-refractivity contribution in [2.45, 2.75) is 44.6 Å². The molecule has 8 nitrogen and oxygen atoms in total. The number of aliphatic hydroxyl groups excluding tert-OH is 1. The van der Waals surface area contributed by atoms with E-state index in [-0.39, 0.29) is 13.1 Å². The van der Waals surface area contributed by atoms with Crippen LogP contribution in [0.2, 0.25) is 10.0 Å². The van der Waals surface area contributed by atoms with E-state index < -0.39 is 29.9 Å². The molecule has 2 heterocycles. The van der Waals surface area contributed by atoms with Crippen molar-refractivity contribution in [2.75, 3.05) is 13.1 Å². The van der Waals surface area contributed by atoms with Gasteiger partial charge in [-0.15, -0.1) is 0 Å². The molecule has 4 rings (SSSR count). The van der Waals surface area contributed by atoms with Crippen LogP contribution in [0.25, 0.3) is 32.2 Å². The number of halogens is 2. The molecule has 1 aliphatic rings. The normalized spacial score (nSPS) is 21.6. The number of aromatic nitrogens is 1. The third kappa shape index (κ3) is 4.19. The maximum atomic E-state index is 12.8. The van der Waals surface area contributed by atoms with Crippen molar-refractivity contribution in [3.05, 3.63) is 56.9 Å². The number of nitrogens with zero attached hydrogens (tertiary/aromatic N) is 5. The van der Waals surface area contributed by atoms with Crippen LogP contribution >= 0.6 is 23.2 Å². The Kier molecular flexibility index (Phi) is 5.90. The first-order valence-corrected chi connectivity index (χ1v) is 10.9. The SMILES string of the molecule is CC(C)(C)OC(=O)N1CC(N=[N+]=[N-])C(O)C(n2c3ccc(Cl)cc3c3cc(Cl)ccc32)C1. The van der Waals surface area contributed by atoms with Crippen LogP contribution < -0.4 is 0 Å². The molecule has 32 heavy (non-hydrogen) atoms. The van der Waals surface area contributed by atoms with Gasteiger partial charge < -0.3 is 19.3 Å². The van der Waals surface area contributed by atoms with E-state index in [4.69, 9.17) is 33.5 Å². The molecule has 1 amide bonds. The van der Waals surface area contributed by atoms with Crippen molar-refractivity contribution in [3.8, 4) is 0 Å². The van der Waals surface area contributed by atoms with E-state index in [1.54, 1.807) is 32.9 Å². The summed E-state index contributed by atoms with van der Waals surface area (Å²) in [6.45, 7) is 5.59. The standard InChI is InChI=1S/C22H23Cl2N5O3/c1-22(2,3)32-21(31)28-10-16(26-27-25)20(30)19(11-28)29-17-6-4-12(23)8-14(17)15-9-13(24)5-7-18(15)29/h4-9,16,19-20,30H,10-11H2,1-3H3. The number of ether oxygens (including phenoxy) is 1. The predicted octanol–water partition coefficient (Wildman–Crippen LogP) is 5.93. The third-order valence-corrected chi connectivity index (χ3v) is 5.98. The monoisotopic (exact) mass is 475 g/mol. The lowest BCUT2D eigenvalue weighted by molar-refractivity contribution is -0.0119. The van der Waals surface area contributed by atoms with Crippen LogP contribution in [0.15, 0.2) is 41.5 Å². The molecule has 0 radical (unpaired) electrons. The van der Waals surface area contributed by atoms with Gasteiger partial charge in [0.2, 0.25) is 0 Å². The molecule has 1 fully saturated rings. The Bertz CT molecular complexity index is 1190. The number of fused-ring (bicyclic) bond motifs is 3. The molecule has 168 valence electrons. The highest BCUT2D eigenvalue weighted by Gasteiger charge is 2.40. The van der Waals surface area contributed by atoms with Gasteiger partial charge in [-0.05, 0) is 62.7 Å². The van der Waals surface area contributed by atoms with Crippen molar-refractivity contribution >= 4 is 51.1 Å². The molecule has 0 bridgehead atoms. The van der Waals surface area contributed by atoms with E-state index in [2.05, 4.69) is 10.0 Å². The lowest BCUT2D eigenvalue weighted by Gasteiger charge is -2.41. The number of aliphatic hydroxyl groups is 1. The summed E-state index contributed by atoms with van der Waals surface area (Å²) in [5, 5.41) is 17.8. The Labute approximate surface area is 194 Å². The number of rotatable bonds is 2. The summed E-state index contributed by atoms with van der Waals surface area (Å²) in [4.78, 5) is 17.2. The van der Waals surface area contributed by atoms with E-state index in [1.165, 1.54) is 4.90 Å². The second-order valence-corrected chi connectivity index (χ2v) is 9.78. The summed E-state index contributed by atoms with van der Waals surface area (Å²) in [7, 11) is 0. The Morgan fingerprint density at radius 3 is 2.19 bits per heavy atom. The Hall–Kier alpha value is -2.64. The van der Waals surface area contributed by atoms with E-state index in [1.807, 2.05) is 28.8 Å². The molecule has 0 aliphatic carbocycles. The minimum Gasteiger partial charge on any atom is -0.444 e. The van der Waals surface area contributed by atoms with Gasteiger partial charge in [0.25, 0.3) is 0 Å². The van der Waals surface area contributed by atoms with Crippen LogP contribution in [0.1, 0.15) is 26.8 Å². The zero-order valence-corrected chi connectivity index (χ0v) is 19.4. The minimum absolute atomic E-state index is 0.0609. The fourth-order valence-electron chi connectivity index (χ4n) is 4.23. The molecular formula is C22H23Cl2N5O3. The van der Waals surface area contributed by atoms with Crippen LogP contribution in [0, 0.1) is 0 Å². The molecule has 0 spiro atoms. The third-order valence-electron chi connectivity index (χ3n) is 5.51. The number of azide groups is 1. The van der Waals surface area contributed by atoms with Crippen LogP contribution in [-0.4, -0.2) is 51.5 Å². The molecule has 2 aromatic carbocycles. The molecule has 1 aliphatic heterocycles. The summed E-state index contributed by atoms with van der Waals surface area (Å²) in [6.07, 6.45) is -1.55. The number of benzene rings is 2. The Morgan fingerprint density at radius 1 is 1.12 bits per heavy atom. The van der Waals surface area contributed by atoms with E-state index in [0.717, 1.165) is 21.8 Å². The van der Waals surface area contributed by atoms with Gasteiger partial charge >= 0.3 is 6.09 Å². The summed E-state index contributed by atoms with van der Waals surface area (Å²) >= 11 is 12.5. The summed E-state index contributed by atoms with van der Waals surface area (Å²) in [5.74, 6) is 0. The van der Waals surface area contributed by atoms with Gasteiger partial charge in [-0.2, -0.15) is 0 Å². The van der Waals surface area contributed by atoms with Crippen molar-refractivity contribution < 1.29 is 14.6 Å². The second kappa shape index (κ2) is 8.37. The predicted molar refractivity (Wildman–Crippen MR) is 125 cm³/mol. The number of carbonyl (C=O) groups excluding carboxylic acids is 1. The smallest absolute Gasteiger partial charge is 0.410 e. The first-order valence-electron chi connectivity index (χ1n) is 10.2. The average molecular weight is 476 g/mol. The summed E-state index contributed by atoms with van der Waals surface area (Å²) < 4.78 is 7.49.